The van der Waals surface area contributed by atoms with Crippen LogP contribution < -0.4 is 16.6 Å². The predicted molar refractivity (Wildman–Crippen MR) is 69.5 cm³/mol. The normalized spacial score (nSPS) is 19.4. The number of anilines is 2. The summed E-state index contributed by atoms with van der Waals surface area (Å²) >= 11 is 0. The van der Waals surface area contributed by atoms with Crippen molar-refractivity contribution < 1.29 is 8.78 Å². The average Bonchev–Trinajstić information content (AvgIpc) is 2.36. The van der Waals surface area contributed by atoms with E-state index in [2.05, 4.69) is 10.3 Å². The molecular formula is C12H18F2N4O. The van der Waals surface area contributed by atoms with Crippen LogP contribution in [0.1, 0.15) is 31.5 Å². The van der Waals surface area contributed by atoms with Crippen molar-refractivity contribution >= 4 is 11.5 Å². The molecule has 0 spiro atoms. The van der Waals surface area contributed by atoms with Crippen LogP contribution in [0.25, 0.3) is 0 Å². The van der Waals surface area contributed by atoms with Crippen LogP contribution in [0.4, 0.5) is 20.3 Å². The highest BCUT2D eigenvalue weighted by Gasteiger charge is 2.35. The summed E-state index contributed by atoms with van der Waals surface area (Å²) in [5.74, 6) is -1.74. The Hall–Kier alpha value is -1.66. The van der Waals surface area contributed by atoms with Crippen molar-refractivity contribution in [2.45, 2.75) is 44.6 Å². The predicted octanol–water partition coefficient (Wildman–Crippen LogP) is 1.66. The maximum Gasteiger partial charge on any atom is 0.278 e. The minimum absolute atomic E-state index is 0.0328. The molecule has 0 aromatic carbocycles. The molecule has 2 rings (SSSR count). The topological polar surface area (TPSA) is 72.9 Å². The smallest absolute Gasteiger partial charge is 0.278 e. The Morgan fingerprint density at radius 3 is 2.58 bits per heavy atom. The number of rotatable bonds is 2. The summed E-state index contributed by atoms with van der Waals surface area (Å²) < 4.78 is 27.5. The first-order chi connectivity index (χ1) is 8.80. The summed E-state index contributed by atoms with van der Waals surface area (Å²) in [7, 11) is 1.59. The molecule has 1 saturated carbocycles. The summed E-state index contributed by atoms with van der Waals surface area (Å²) in [5, 5.41) is 3.01. The Labute approximate surface area is 109 Å². The van der Waals surface area contributed by atoms with Gasteiger partial charge in [0.25, 0.3) is 5.56 Å². The first kappa shape index (κ1) is 13.8. The van der Waals surface area contributed by atoms with Gasteiger partial charge < -0.3 is 11.1 Å². The number of hydrogen-bond acceptors (Lipinski definition) is 4. The summed E-state index contributed by atoms with van der Waals surface area (Å²) in [6.07, 6.45) is 0.410. The van der Waals surface area contributed by atoms with Gasteiger partial charge in [0.2, 0.25) is 5.92 Å². The van der Waals surface area contributed by atoms with E-state index >= 15 is 0 Å². The lowest BCUT2D eigenvalue weighted by atomic mass is 9.92. The monoisotopic (exact) mass is 272 g/mol. The van der Waals surface area contributed by atoms with Crippen LogP contribution in [0.2, 0.25) is 0 Å². The first-order valence-electron chi connectivity index (χ1n) is 6.27. The average molecular weight is 272 g/mol. The lowest BCUT2D eigenvalue weighted by Gasteiger charge is -2.29. The molecule has 19 heavy (non-hydrogen) atoms. The highest BCUT2D eigenvalue weighted by molar-refractivity contribution is 5.60. The van der Waals surface area contributed by atoms with Crippen LogP contribution in [0.15, 0.2) is 4.79 Å². The summed E-state index contributed by atoms with van der Waals surface area (Å²) in [6, 6.07) is -0.110. The maximum absolute atomic E-state index is 13.1. The van der Waals surface area contributed by atoms with Crippen molar-refractivity contribution in [2.75, 3.05) is 11.1 Å². The fourth-order valence-corrected chi connectivity index (χ4v) is 2.21. The molecule has 106 valence electrons. The SMILES string of the molecule is Cc1nc(NC2CCC(F)(F)CC2)c(N)c(=O)n1C. The lowest BCUT2D eigenvalue weighted by Crippen LogP contribution is -2.34. The van der Waals surface area contributed by atoms with Gasteiger partial charge in [0.15, 0.2) is 5.82 Å². The van der Waals surface area contributed by atoms with E-state index in [1.165, 1.54) is 4.57 Å². The van der Waals surface area contributed by atoms with Crippen LogP contribution in [-0.2, 0) is 7.05 Å². The van der Waals surface area contributed by atoms with Crippen molar-refractivity contribution in [3.05, 3.63) is 16.2 Å². The summed E-state index contributed by atoms with van der Waals surface area (Å²) in [6.45, 7) is 1.70. The highest BCUT2D eigenvalue weighted by Crippen LogP contribution is 2.34. The van der Waals surface area contributed by atoms with Gasteiger partial charge in [-0.15, -0.1) is 0 Å². The van der Waals surface area contributed by atoms with E-state index in [9.17, 15) is 13.6 Å². The van der Waals surface area contributed by atoms with Crippen LogP contribution in [0.5, 0.6) is 0 Å². The van der Waals surface area contributed by atoms with Crippen LogP contribution in [0, 0.1) is 6.92 Å². The molecule has 1 fully saturated rings. The van der Waals surface area contributed by atoms with Crippen molar-refractivity contribution in [1.82, 2.24) is 9.55 Å². The van der Waals surface area contributed by atoms with E-state index in [0.29, 0.717) is 24.5 Å². The zero-order chi connectivity index (χ0) is 14.2. The Morgan fingerprint density at radius 1 is 1.42 bits per heavy atom. The fourth-order valence-electron chi connectivity index (χ4n) is 2.21. The van der Waals surface area contributed by atoms with Crippen molar-refractivity contribution in [3.8, 4) is 0 Å². The molecule has 7 heteroatoms. The minimum Gasteiger partial charge on any atom is -0.391 e. The van der Waals surface area contributed by atoms with Gasteiger partial charge in [0, 0.05) is 25.9 Å². The minimum atomic E-state index is -2.57. The zero-order valence-electron chi connectivity index (χ0n) is 11.0. The molecule has 0 amide bonds. The third kappa shape index (κ3) is 2.85. The number of alkyl halides is 2. The molecule has 0 aliphatic heterocycles. The lowest BCUT2D eigenvalue weighted by molar-refractivity contribution is -0.0361. The number of nitrogens with one attached hydrogen (secondary N) is 1. The highest BCUT2D eigenvalue weighted by atomic mass is 19.3. The third-order valence-electron chi connectivity index (χ3n) is 3.61. The molecule has 1 aliphatic rings. The molecule has 0 radical (unpaired) electrons. The second-order valence-corrected chi connectivity index (χ2v) is 5.06. The van der Waals surface area contributed by atoms with Crippen molar-refractivity contribution in [1.29, 1.82) is 0 Å². The molecule has 1 aromatic rings. The van der Waals surface area contributed by atoms with Crippen LogP contribution in [0.3, 0.4) is 0 Å². The second kappa shape index (κ2) is 4.79. The Bertz CT molecular complexity index is 531. The van der Waals surface area contributed by atoms with Crippen molar-refractivity contribution in [3.63, 3.8) is 0 Å². The van der Waals surface area contributed by atoms with E-state index in [-0.39, 0.29) is 30.1 Å². The summed E-state index contributed by atoms with van der Waals surface area (Å²) in [5.41, 5.74) is 5.43. The Kier molecular flexibility index (Phi) is 3.47. The molecule has 5 nitrogen and oxygen atoms in total. The zero-order valence-corrected chi connectivity index (χ0v) is 11.0. The van der Waals surface area contributed by atoms with E-state index in [1.54, 1.807) is 14.0 Å². The van der Waals surface area contributed by atoms with E-state index in [4.69, 9.17) is 5.73 Å². The number of nitrogen functional groups attached to an aromatic ring is 1. The van der Waals surface area contributed by atoms with E-state index < -0.39 is 5.92 Å². The summed E-state index contributed by atoms with van der Waals surface area (Å²) in [4.78, 5) is 16.0. The van der Waals surface area contributed by atoms with E-state index in [0.717, 1.165) is 0 Å². The number of nitrogens with two attached hydrogens (primary N) is 1. The molecule has 0 unspecified atom stereocenters. The number of hydrogen-bond donors (Lipinski definition) is 2. The van der Waals surface area contributed by atoms with Gasteiger partial charge in [-0.2, -0.15) is 0 Å². The van der Waals surface area contributed by atoms with Gasteiger partial charge in [-0.3, -0.25) is 9.36 Å². The Morgan fingerprint density at radius 2 is 2.00 bits per heavy atom. The van der Waals surface area contributed by atoms with Gasteiger partial charge in [0.1, 0.15) is 11.5 Å². The first-order valence-corrected chi connectivity index (χ1v) is 6.27. The number of nitrogens with zero attached hydrogens (tertiary/aromatic N) is 2. The van der Waals surface area contributed by atoms with Crippen LogP contribution in [-0.4, -0.2) is 21.5 Å². The Balaban J connectivity index is 2.15. The standard InChI is InChI=1S/C12H18F2N4O/c1-7-16-10(9(15)11(19)18(7)2)17-8-3-5-12(13,14)6-4-8/h8,17H,3-6,15H2,1-2H3. The van der Waals surface area contributed by atoms with Crippen LogP contribution >= 0.6 is 0 Å². The van der Waals surface area contributed by atoms with Crippen molar-refractivity contribution in [2.24, 2.45) is 7.05 Å². The third-order valence-corrected chi connectivity index (χ3v) is 3.61. The molecule has 0 atom stereocenters. The number of aromatic nitrogens is 2. The van der Waals surface area contributed by atoms with Gasteiger partial charge in [0.05, 0.1) is 0 Å². The molecule has 1 heterocycles. The fraction of sp³-hybridized carbons (Fsp3) is 0.667. The number of aryl methyl sites for hydroxylation is 1. The molecule has 1 aromatic heterocycles. The quantitative estimate of drug-likeness (QED) is 0.858. The largest absolute Gasteiger partial charge is 0.391 e. The van der Waals surface area contributed by atoms with Gasteiger partial charge in [-0.1, -0.05) is 0 Å². The second-order valence-electron chi connectivity index (χ2n) is 5.06. The van der Waals surface area contributed by atoms with Gasteiger partial charge >= 0.3 is 0 Å². The maximum atomic E-state index is 13.1. The van der Waals surface area contributed by atoms with Gasteiger partial charge in [-0.25, -0.2) is 13.8 Å². The molecule has 0 bridgehead atoms. The van der Waals surface area contributed by atoms with E-state index in [1.807, 2.05) is 0 Å². The molecule has 0 saturated heterocycles. The molecule has 1 aliphatic carbocycles. The molecule has 3 N–H and O–H groups in total. The number of halogens is 2. The van der Waals surface area contributed by atoms with Gasteiger partial charge in [-0.05, 0) is 19.8 Å². The molecular weight excluding hydrogens is 254 g/mol.